The van der Waals surface area contributed by atoms with E-state index in [0.717, 1.165) is 51.2 Å². The van der Waals surface area contributed by atoms with E-state index in [0.29, 0.717) is 19.1 Å². The molecule has 0 saturated heterocycles. The van der Waals surface area contributed by atoms with Crippen LogP contribution in [0.15, 0.2) is 12.2 Å². The quantitative estimate of drug-likeness (QED) is 0.0704. The SMILES string of the molecule is CCOC(/C=C\CCCCl)OCC.CCOC(CCCCCCl)OCC.[HH].[Ni].[Zn]. The van der Waals surface area contributed by atoms with E-state index >= 15 is 0 Å². The standard InChI is InChI=1S/C10H21ClO2.C10H19ClO2.Ni.Zn.H2/c2*1-3-12-10(13-4-2)8-6-5-7-9-11;;;/h10H,3-9H2,1-2H3;6,8,10H,3-5,7,9H2,1-2H3;;;1H/b;8-6-;;;. The second-order valence-electron chi connectivity index (χ2n) is 5.42. The van der Waals surface area contributed by atoms with Crippen LogP contribution < -0.4 is 0 Å². The van der Waals surface area contributed by atoms with E-state index < -0.39 is 0 Å². The summed E-state index contributed by atoms with van der Waals surface area (Å²) in [6.07, 6.45) is 10.2. The van der Waals surface area contributed by atoms with E-state index in [4.69, 9.17) is 42.1 Å². The molecule has 4 nitrogen and oxygen atoms in total. The predicted molar refractivity (Wildman–Crippen MR) is 114 cm³/mol. The first kappa shape index (κ1) is 36.6. The van der Waals surface area contributed by atoms with Crippen LogP contribution in [-0.2, 0) is 54.9 Å². The van der Waals surface area contributed by atoms with Gasteiger partial charge in [0.15, 0.2) is 12.6 Å². The molecule has 0 bridgehead atoms. The molecule has 0 fully saturated rings. The summed E-state index contributed by atoms with van der Waals surface area (Å²) in [5, 5.41) is 0. The molecule has 0 unspecified atom stereocenters. The van der Waals surface area contributed by atoms with E-state index in [-0.39, 0.29) is 50.0 Å². The Morgan fingerprint density at radius 3 is 1.68 bits per heavy atom. The molecule has 0 aliphatic heterocycles. The van der Waals surface area contributed by atoms with Gasteiger partial charge in [0, 0.05) is 75.6 Å². The van der Waals surface area contributed by atoms with Crippen molar-refractivity contribution in [3.8, 4) is 0 Å². The third-order valence-electron chi connectivity index (χ3n) is 3.24. The fraction of sp³-hybridized carbons (Fsp3) is 0.900. The van der Waals surface area contributed by atoms with E-state index in [1.54, 1.807) is 0 Å². The second-order valence-corrected chi connectivity index (χ2v) is 6.17. The summed E-state index contributed by atoms with van der Waals surface area (Å²) in [6.45, 7) is 10.7. The maximum atomic E-state index is 5.58. The molecule has 172 valence electrons. The first-order valence-corrected chi connectivity index (χ1v) is 11.0. The van der Waals surface area contributed by atoms with E-state index in [1.807, 2.05) is 33.8 Å². The van der Waals surface area contributed by atoms with Gasteiger partial charge in [-0.1, -0.05) is 12.5 Å². The minimum atomic E-state index is -0.190. The van der Waals surface area contributed by atoms with E-state index in [9.17, 15) is 0 Å². The molecule has 0 rings (SSSR count). The van der Waals surface area contributed by atoms with Gasteiger partial charge in [0.05, 0.1) is 0 Å². The van der Waals surface area contributed by atoms with Crippen molar-refractivity contribution < 1.29 is 56.3 Å². The molecule has 0 aliphatic carbocycles. The minimum absolute atomic E-state index is 0. The fourth-order valence-electron chi connectivity index (χ4n) is 2.06. The Bertz CT molecular complexity index is 285. The van der Waals surface area contributed by atoms with Gasteiger partial charge >= 0.3 is 0 Å². The Labute approximate surface area is 207 Å². The summed E-state index contributed by atoms with van der Waals surface area (Å²) < 4.78 is 21.5. The van der Waals surface area contributed by atoms with Gasteiger partial charge < -0.3 is 18.9 Å². The number of rotatable bonds is 17. The topological polar surface area (TPSA) is 36.9 Å². The van der Waals surface area contributed by atoms with Crippen LogP contribution in [0.2, 0.25) is 0 Å². The minimum Gasteiger partial charge on any atom is -0.353 e. The zero-order valence-corrected chi connectivity index (χ0v) is 23.7. The fourth-order valence-corrected chi connectivity index (χ4v) is 2.40. The summed E-state index contributed by atoms with van der Waals surface area (Å²) in [4.78, 5) is 0. The van der Waals surface area contributed by atoms with Gasteiger partial charge in [-0.15, -0.1) is 23.2 Å². The van der Waals surface area contributed by atoms with Crippen molar-refractivity contribution in [2.24, 2.45) is 0 Å². The molecule has 8 heteroatoms. The average Bonchev–Trinajstić information content (AvgIpc) is 2.63. The molecule has 0 aromatic rings. The third kappa shape index (κ3) is 29.5. The van der Waals surface area contributed by atoms with Gasteiger partial charge in [-0.25, -0.2) is 0 Å². The largest absolute Gasteiger partial charge is 0.353 e. The van der Waals surface area contributed by atoms with Gasteiger partial charge in [0.25, 0.3) is 0 Å². The molecule has 28 heavy (non-hydrogen) atoms. The molecule has 0 saturated carbocycles. The van der Waals surface area contributed by atoms with Crippen molar-refractivity contribution in [1.82, 2.24) is 0 Å². The van der Waals surface area contributed by atoms with Gasteiger partial charge in [-0.3, -0.25) is 0 Å². The van der Waals surface area contributed by atoms with Crippen LogP contribution >= 0.6 is 23.2 Å². The molecule has 0 aromatic carbocycles. The maximum Gasteiger partial charge on any atom is 0.176 e. The maximum absolute atomic E-state index is 5.58. The molecule has 0 spiro atoms. The molecule has 0 aliphatic rings. The van der Waals surface area contributed by atoms with Gasteiger partial charge in [-0.2, -0.15) is 0 Å². The van der Waals surface area contributed by atoms with Crippen LogP contribution in [0.5, 0.6) is 0 Å². The zero-order chi connectivity index (χ0) is 19.9. The monoisotopic (exact) mass is 538 g/mol. The first-order chi connectivity index (χ1) is 12.7. The normalized spacial score (nSPS) is 10.6. The summed E-state index contributed by atoms with van der Waals surface area (Å²) in [7, 11) is 0. The third-order valence-corrected chi connectivity index (χ3v) is 3.77. The van der Waals surface area contributed by atoms with Crippen LogP contribution in [0, 0.1) is 0 Å². The molecule has 0 aromatic heterocycles. The van der Waals surface area contributed by atoms with Crippen molar-refractivity contribution >= 4 is 23.2 Å². The summed E-state index contributed by atoms with van der Waals surface area (Å²) >= 11 is 11.1. The number of ether oxygens (including phenoxy) is 4. The molecule has 0 atom stereocenters. The summed E-state index contributed by atoms with van der Waals surface area (Å²) in [5.74, 6) is 1.46. The van der Waals surface area contributed by atoms with Gasteiger partial charge in [0.1, 0.15) is 0 Å². The second kappa shape index (κ2) is 32.9. The predicted octanol–water partition coefficient (Wildman–Crippen LogP) is 6.39. The van der Waals surface area contributed by atoms with Crippen molar-refractivity contribution in [1.29, 1.82) is 0 Å². The molecule has 0 heterocycles. The van der Waals surface area contributed by atoms with E-state index in [1.165, 1.54) is 6.42 Å². The number of unbranched alkanes of at least 4 members (excludes halogenated alkanes) is 3. The van der Waals surface area contributed by atoms with Crippen LogP contribution in [0.3, 0.4) is 0 Å². The Hall–Kier alpha value is 1.28. The van der Waals surface area contributed by atoms with Crippen molar-refractivity contribution in [3.05, 3.63) is 12.2 Å². The number of hydrogen-bond acceptors (Lipinski definition) is 4. The zero-order valence-electron chi connectivity index (χ0n) is 18.2. The van der Waals surface area contributed by atoms with Crippen molar-refractivity contribution in [2.75, 3.05) is 38.2 Å². The van der Waals surface area contributed by atoms with Crippen LogP contribution in [-0.4, -0.2) is 50.8 Å². The summed E-state index contributed by atoms with van der Waals surface area (Å²) in [6, 6.07) is 0. The van der Waals surface area contributed by atoms with Gasteiger partial charge in [-0.05, 0) is 65.9 Å². The first-order valence-electron chi connectivity index (χ1n) is 9.94. The Morgan fingerprint density at radius 2 is 1.25 bits per heavy atom. The molecule has 0 amide bonds. The number of halogens is 2. The van der Waals surface area contributed by atoms with Crippen molar-refractivity contribution in [3.63, 3.8) is 0 Å². The average molecular weight is 542 g/mol. The summed E-state index contributed by atoms with van der Waals surface area (Å²) in [5.41, 5.74) is 0. The Kier molecular flexibility index (Phi) is 43.1. The van der Waals surface area contributed by atoms with Gasteiger partial charge in [0.2, 0.25) is 0 Å². The molecule has 0 N–H and O–H groups in total. The number of alkyl halides is 2. The number of hydrogen-bond donors (Lipinski definition) is 0. The Morgan fingerprint density at radius 1 is 0.750 bits per heavy atom. The molecular weight excluding hydrogens is 499 g/mol. The Balaban J connectivity index is -0.000000120. The smallest absolute Gasteiger partial charge is 0.176 e. The molecule has 0 radical (unpaired) electrons. The van der Waals surface area contributed by atoms with Crippen LogP contribution in [0.25, 0.3) is 0 Å². The van der Waals surface area contributed by atoms with E-state index in [2.05, 4.69) is 6.08 Å². The van der Waals surface area contributed by atoms with Crippen LogP contribution in [0.1, 0.15) is 67.6 Å². The number of allylic oxidation sites excluding steroid dienone is 1. The van der Waals surface area contributed by atoms with Crippen LogP contribution in [0.4, 0.5) is 0 Å². The van der Waals surface area contributed by atoms with Crippen molar-refractivity contribution in [2.45, 2.75) is 78.8 Å². The molecular formula is C20H42Cl2NiO4Zn.